The van der Waals surface area contributed by atoms with Crippen LogP contribution in [0.25, 0.3) is 6.08 Å². The number of amides is 1. The van der Waals surface area contributed by atoms with Crippen LogP contribution in [0.4, 0.5) is 0 Å². The second-order valence-corrected chi connectivity index (χ2v) is 6.38. The molecule has 0 unspecified atom stereocenters. The number of carbonyl (C=O) groups is 1. The van der Waals surface area contributed by atoms with Crippen LogP contribution >= 0.6 is 11.8 Å². The maximum Gasteiger partial charge on any atom is 0.237 e. The molecule has 0 radical (unpaired) electrons. The van der Waals surface area contributed by atoms with Crippen molar-refractivity contribution < 1.29 is 14.3 Å². The summed E-state index contributed by atoms with van der Waals surface area (Å²) in [5.74, 6) is 2.54. The van der Waals surface area contributed by atoms with Crippen molar-refractivity contribution in [1.29, 1.82) is 0 Å². The lowest BCUT2D eigenvalue weighted by atomic mass is 10.2. The molecule has 0 aromatic heterocycles. The molecule has 1 amide bonds. The molecule has 0 atom stereocenters. The zero-order valence-corrected chi connectivity index (χ0v) is 12.9. The lowest BCUT2D eigenvalue weighted by molar-refractivity contribution is -0.125. The van der Waals surface area contributed by atoms with Gasteiger partial charge >= 0.3 is 0 Å². The van der Waals surface area contributed by atoms with Gasteiger partial charge in [-0.25, -0.2) is 0 Å². The van der Waals surface area contributed by atoms with Crippen molar-refractivity contribution in [3.8, 4) is 11.5 Å². The fraction of sp³-hybridized carbons (Fsp3) is 0.312. The van der Waals surface area contributed by atoms with E-state index in [0.29, 0.717) is 23.2 Å². The number of carbonyl (C=O) groups excluding carboxylic acids is 1. The van der Waals surface area contributed by atoms with Crippen LogP contribution in [0.3, 0.4) is 0 Å². The minimum atomic E-state index is 0.181. The van der Waals surface area contributed by atoms with E-state index in [-0.39, 0.29) is 5.91 Å². The molecule has 0 bridgehead atoms. The Labute approximate surface area is 128 Å². The van der Waals surface area contributed by atoms with Crippen LogP contribution in [0.5, 0.6) is 11.5 Å². The maximum atomic E-state index is 12.0. The minimum Gasteiger partial charge on any atom is -0.458 e. The SMILES string of the molecule is CC(C)CN1C(=O)CSC1=Cc1ccc2c(c1)OC=CO2. The first-order valence-electron chi connectivity index (χ1n) is 6.91. The summed E-state index contributed by atoms with van der Waals surface area (Å²) in [6, 6.07) is 5.76. The highest BCUT2D eigenvalue weighted by molar-refractivity contribution is 8.04. The summed E-state index contributed by atoms with van der Waals surface area (Å²) >= 11 is 1.58. The van der Waals surface area contributed by atoms with Crippen molar-refractivity contribution >= 4 is 23.7 Å². The Bertz CT molecular complexity index is 622. The fourth-order valence-electron chi connectivity index (χ4n) is 2.24. The van der Waals surface area contributed by atoms with Gasteiger partial charge in [-0.15, -0.1) is 0 Å². The van der Waals surface area contributed by atoms with Gasteiger partial charge in [-0.3, -0.25) is 4.79 Å². The van der Waals surface area contributed by atoms with Crippen LogP contribution < -0.4 is 9.47 Å². The van der Waals surface area contributed by atoms with Crippen molar-refractivity contribution in [2.75, 3.05) is 12.3 Å². The summed E-state index contributed by atoms with van der Waals surface area (Å²) in [4.78, 5) is 13.8. The number of hydrogen-bond donors (Lipinski definition) is 0. The summed E-state index contributed by atoms with van der Waals surface area (Å²) in [5.41, 5.74) is 0.999. The van der Waals surface area contributed by atoms with Crippen LogP contribution in [0, 0.1) is 5.92 Å². The molecule has 5 heteroatoms. The van der Waals surface area contributed by atoms with Crippen molar-refractivity contribution in [2.45, 2.75) is 13.8 Å². The molecule has 1 saturated heterocycles. The summed E-state index contributed by atoms with van der Waals surface area (Å²) < 4.78 is 10.8. The second-order valence-electron chi connectivity index (χ2n) is 5.38. The van der Waals surface area contributed by atoms with E-state index in [0.717, 1.165) is 17.1 Å². The molecule has 0 N–H and O–H groups in total. The van der Waals surface area contributed by atoms with Crippen LogP contribution in [0.1, 0.15) is 19.4 Å². The quantitative estimate of drug-likeness (QED) is 0.857. The van der Waals surface area contributed by atoms with Gasteiger partial charge in [0.2, 0.25) is 5.91 Å². The van der Waals surface area contributed by atoms with Gasteiger partial charge in [-0.2, -0.15) is 0 Å². The molecule has 21 heavy (non-hydrogen) atoms. The third kappa shape index (κ3) is 3.08. The number of ether oxygens (including phenoxy) is 2. The molecule has 1 aromatic rings. The van der Waals surface area contributed by atoms with Crippen molar-refractivity contribution in [3.05, 3.63) is 41.3 Å². The second kappa shape index (κ2) is 5.85. The molecule has 3 rings (SSSR count). The highest BCUT2D eigenvalue weighted by Crippen LogP contribution is 2.35. The molecule has 2 heterocycles. The molecule has 110 valence electrons. The number of benzene rings is 1. The van der Waals surface area contributed by atoms with E-state index >= 15 is 0 Å². The molecular weight excluding hydrogens is 286 g/mol. The van der Waals surface area contributed by atoms with Crippen LogP contribution in [-0.2, 0) is 4.79 Å². The number of hydrogen-bond acceptors (Lipinski definition) is 4. The van der Waals surface area contributed by atoms with Gasteiger partial charge in [0.05, 0.1) is 10.8 Å². The Kier molecular flexibility index (Phi) is 3.92. The standard InChI is InChI=1S/C16H17NO3S/c1-11(2)9-17-15(18)10-21-16(17)8-12-3-4-13-14(7-12)20-6-5-19-13/h3-8,11H,9-10H2,1-2H3. The van der Waals surface area contributed by atoms with Gasteiger partial charge < -0.3 is 14.4 Å². The Balaban J connectivity index is 1.85. The molecule has 0 aliphatic carbocycles. The summed E-state index contributed by atoms with van der Waals surface area (Å²) in [5, 5.41) is 1.00. The largest absolute Gasteiger partial charge is 0.458 e. The van der Waals surface area contributed by atoms with Gasteiger partial charge in [0, 0.05) is 6.54 Å². The smallest absolute Gasteiger partial charge is 0.237 e. The molecule has 0 spiro atoms. The maximum absolute atomic E-state index is 12.0. The first-order valence-corrected chi connectivity index (χ1v) is 7.89. The van der Waals surface area contributed by atoms with Gasteiger partial charge in [-0.05, 0) is 29.7 Å². The van der Waals surface area contributed by atoms with E-state index < -0.39 is 0 Å². The molecule has 0 saturated carbocycles. The minimum absolute atomic E-state index is 0.181. The number of rotatable bonds is 3. The zero-order valence-electron chi connectivity index (χ0n) is 12.0. The monoisotopic (exact) mass is 303 g/mol. The van der Waals surface area contributed by atoms with E-state index in [1.807, 2.05) is 29.2 Å². The predicted octanol–water partition coefficient (Wildman–Crippen LogP) is 3.46. The first-order chi connectivity index (χ1) is 10.1. The first kappa shape index (κ1) is 14.1. The average molecular weight is 303 g/mol. The summed E-state index contributed by atoms with van der Waals surface area (Å²) in [6.45, 7) is 4.99. The molecule has 4 nitrogen and oxygen atoms in total. The highest BCUT2D eigenvalue weighted by Gasteiger charge is 2.26. The lowest BCUT2D eigenvalue weighted by Crippen LogP contribution is -2.28. The highest BCUT2D eigenvalue weighted by atomic mass is 32.2. The molecular formula is C16H17NO3S. The number of nitrogens with zero attached hydrogens (tertiary/aromatic N) is 1. The van der Waals surface area contributed by atoms with Crippen LogP contribution in [-0.4, -0.2) is 23.1 Å². The van der Waals surface area contributed by atoms with E-state index in [9.17, 15) is 4.79 Å². The van der Waals surface area contributed by atoms with Crippen LogP contribution in [0.15, 0.2) is 35.8 Å². The normalized spacial score (nSPS) is 18.9. The Morgan fingerprint density at radius 1 is 1.29 bits per heavy atom. The lowest BCUT2D eigenvalue weighted by Gasteiger charge is -2.19. The van der Waals surface area contributed by atoms with Crippen molar-refractivity contribution in [2.24, 2.45) is 5.92 Å². The fourth-order valence-corrected chi connectivity index (χ4v) is 3.22. The Morgan fingerprint density at radius 2 is 2.05 bits per heavy atom. The van der Waals surface area contributed by atoms with Crippen molar-refractivity contribution in [3.63, 3.8) is 0 Å². The summed E-state index contributed by atoms with van der Waals surface area (Å²) in [7, 11) is 0. The van der Waals surface area contributed by atoms with Gasteiger partial charge in [0.15, 0.2) is 11.5 Å². The third-order valence-electron chi connectivity index (χ3n) is 3.16. The van der Waals surface area contributed by atoms with E-state index in [4.69, 9.17) is 9.47 Å². The Hall–Kier alpha value is -1.88. The third-order valence-corrected chi connectivity index (χ3v) is 4.19. The van der Waals surface area contributed by atoms with E-state index in [1.165, 1.54) is 12.5 Å². The van der Waals surface area contributed by atoms with Gasteiger partial charge in [0.25, 0.3) is 0 Å². The average Bonchev–Trinajstić information content (AvgIpc) is 2.80. The van der Waals surface area contributed by atoms with Gasteiger partial charge in [-0.1, -0.05) is 31.7 Å². The van der Waals surface area contributed by atoms with Crippen LogP contribution in [0.2, 0.25) is 0 Å². The molecule has 1 aromatic carbocycles. The van der Waals surface area contributed by atoms with E-state index in [2.05, 4.69) is 13.8 Å². The molecule has 1 fully saturated rings. The molecule has 2 aliphatic heterocycles. The van der Waals surface area contributed by atoms with E-state index in [1.54, 1.807) is 11.8 Å². The number of thioether (sulfide) groups is 1. The topological polar surface area (TPSA) is 38.8 Å². The molecule has 2 aliphatic rings. The Morgan fingerprint density at radius 3 is 2.81 bits per heavy atom. The number of fused-ring (bicyclic) bond motifs is 1. The van der Waals surface area contributed by atoms with Gasteiger partial charge in [0.1, 0.15) is 12.5 Å². The predicted molar refractivity (Wildman–Crippen MR) is 83.8 cm³/mol. The zero-order chi connectivity index (χ0) is 14.8. The summed E-state index contributed by atoms with van der Waals surface area (Å²) in [6.07, 6.45) is 5.05. The van der Waals surface area contributed by atoms with Crippen molar-refractivity contribution in [1.82, 2.24) is 4.90 Å².